The normalized spacial score (nSPS) is 19.1. The highest BCUT2D eigenvalue weighted by molar-refractivity contribution is 5.94. The molecule has 1 N–H and O–H groups in total. The van der Waals surface area contributed by atoms with Gasteiger partial charge in [-0.3, -0.25) is 4.79 Å². The molecule has 7 nitrogen and oxygen atoms in total. The monoisotopic (exact) mass is 396 g/mol. The molecule has 3 heterocycles. The Kier molecular flexibility index (Phi) is 5.43. The minimum atomic E-state index is -0.140. The fourth-order valence-electron chi connectivity index (χ4n) is 4.10. The van der Waals surface area contributed by atoms with E-state index in [1.54, 1.807) is 7.11 Å². The van der Waals surface area contributed by atoms with Crippen LogP contribution in [0.2, 0.25) is 0 Å². The number of aryl methyl sites for hydroxylation is 1. The lowest BCUT2D eigenvalue weighted by atomic mass is 9.99. The third kappa shape index (κ3) is 3.56. The van der Waals surface area contributed by atoms with Gasteiger partial charge in [0, 0.05) is 42.5 Å². The topological polar surface area (TPSA) is 68.6 Å². The number of ether oxygens (including phenoxy) is 2. The van der Waals surface area contributed by atoms with E-state index < -0.39 is 0 Å². The summed E-state index contributed by atoms with van der Waals surface area (Å²) in [5, 5.41) is 7.99. The maximum Gasteiger partial charge on any atom is 0.250 e. The van der Waals surface area contributed by atoms with Crippen LogP contribution in [-0.2, 0) is 9.53 Å². The molecule has 154 valence electrons. The van der Waals surface area contributed by atoms with Crippen molar-refractivity contribution in [1.29, 1.82) is 0 Å². The van der Waals surface area contributed by atoms with E-state index in [2.05, 4.69) is 5.32 Å². The number of carbonyl (C=O) groups is 1. The second-order valence-corrected chi connectivity index (χ2v) is 7.62. The van der Waals surface area contributed by atoms with Crippen LogP contribution in [0.1, 0.15) is 29.9 Å². The zero-order chi connectivity index (χ0) is 20.5. The average Bonchev–Trinajstić information content (AvgIpc) is 3.00. The van der Waals surface area contributed by atoms with E-state index in [1.807, 2.05) is 54.6 Å². The van der Waals surface area contributed by atoms with E-state index in [-0.39, 0.29) is 11.9 Å². The van der Waals surface area contributed by atoms with Gasteiger partial charge in [-0.05, 0) is 38.5 Å². The van der Waals surface area contributed by atoms with Crippen molar-refractivity contribution in [3.05, 3.63) is 52.4 Å². The van der Waals surface area contributed by atoms with Crippen LogP contribution >= 0.6 is 0 Å². The van der Waals surface area contributed by atoms with E-state index in [1.165, 1.54) is 5.57 Å². The molecule has 1 amide bonds. The summed E-state index contributed by atoms with van der Waals surface area (Å²) in [6.07, 6.45) is 0. The molecule has 2 fully saturated rings. The van der Waals surface area contributed by atoms with Gasteiger partial charge in [-0.2, -0.15) is 5.10 Å². The molecule has 2 aliphatic rings. The first-order valence-corrected chi connectivity index (χ1v) is 10.00. The van der Waals surface area contributed by atoms with Gasteiger partial charge in [-0.25, -0.2) is 4.68 Å². The van der Waals surface area contributed by atoms with E-state index in [4.69, 9.17) is 14.6 Å². The number of aromatic nitrogens is 2. The second-order valence-electron chi connectivity index (χ2n) is 7.62. The van der Waals surface area contributed by atoms with Crippen molar-refractivity contribution in [3.8, 4) is 11.4 Å². The van der Waals surface area contributed by atoms with E-state index in [9.17, 15) is 4.79 Å². The second kappa shape index (κ2) is 8.00. The van der Waals surface area contributed by atoms with Crippen LogP contribution in [0.15, 0.2) is 35.4 Å². The van der Waals surface area contributed by atoms with Gasteiger partial charge < -0.3 is 19.7 Å². The molecule has 0 aliphatic carbocycles. The van der Waals surface area contributed by atoms with E-state index in [0.29, 0.717) is 19.8 Å². The van der Waals surface area contributed by atoms with Gasteiger partial charge in [0.15, 0.2) is 0 Å². The van der Waals surface area contributed by atoms with Crippen LogP contribution in [-0.4, -0.2) is 60.5 Å². The Morgan fingerprint density at radius 2 is 2.10 bits per heavy atom. The van der Waals surface area contributed by atoms with Crippen molar-refractivity contribution in [2.24, 2.45) is 0 Å². The zero-order valence-electron chi connectivity index (χ0n) is 17.5. The van der Waals surface area contributed by atoms with Crippen LogP contribution in [0.5, 0.6) is 5.75 Å². The molecule has 2 aliphatic heterocycles. The Hall–Kier alpha value is -2.64. The van der Waals surface area contributed by atoms with Crippen LogP contribution in [0, 0.1) is 13.8 Å². The van der Waals surface area contributed by atoms with Crippen LogP contribution < -0.4 is 10.1 Å². The zero-order valence-corrected chi connectivity index (χ0v) is 17.5. The van der Waals surface area contributed by atoms with Crippen molar-refractivity contribution >= 4 is 5.91 Å². The van der Waals surface area contributed by atoms with Crippen LogP contribution in [0.3, 0.4) is 0 Å². The van der Waals surface area contributed by atoms with Gasteiger partial charge >= 0.3 is 0 Å². The number of amides is 1. The fourth-order valence-corrected chi connectivity index (χ4v) is 4.10. The lowest BCUT2D eigenvalue weighted by molar-refractivity contribution is -0.136. The molecule has 0 saturated carbocycles. The molecule has 1 atom stereocenters. The van der Waals surface area contributed by atoms with Crippen LogP contribution in [0.4, 0.5) is 0 Å². The maximum atomic E-state index is 13.2. The predicted octanol–water partition coefficient (Wildman–Crippen LogP) is 2.32. The fraction of sp³-hybridized carbons (Fsp3) is 0.455. The third-order valence-electron chi connectivity index (χ3n) is 5.90. The molecule has 2 aromatic rings. The maximum absolute atomic E-state index is 13.2. The number of nitrogens with zero attached hydrogens (tertiary/aromatic N) is 3. The minimum absolute atomic E-state index is 0.0998. The molecule has 1 aromatic carbocycles. The number of hydrogen-bond donors (Lipinski definition) is 1. The van der Waals surface area contributed by atoms with Gasteiger partial charge in [0.25, 0.3) is 0 Å². The summed E-state index contributed by atoms with van der Waals surface area (Å²) in [4.78, 5) is 15.2. The van der Waals surface area contributed by atoms with Gasteiger partial charge in [-0.1, -0.05) is 6.07 Å². The number of benzene rings is 1. The third-order valence-corrected chi connectivity index (χ3v) is 5.90. The van der Waals surface area contributed by atoms with Crippen molar-refractivity contribution in [2.45, 2.75) is 26.8 Å². The molecular weight excluding hydrogens is 368 g/mol. The summed E-state index contributed by atoms with van der Waals surface area (Å²) in [6.45, 7) is 9.22. The Bertz CT molecular complexity index is 957. The van der Waals surface area contributed by atoms with Gasteiger partial charge in [0.05, 0.1) is 37.7 Å². The predicted molar refractivity (Wildman–Crippen MR) is 110 cm³/mol. The molecule has 4 rings (SSSR count). The Balaban J connectivity index is 1.70. The summed E-state index contributed by atoms with van der Waals surface area (Å²) in [7, 11) is 1.66. The number of carbonyl (C=O) groups excluding carboxylic acids is 1. The molecule has 0 spiro atoms. The highest BCUT2D eigenvalue weighted by Gasteiger charge is 2.34. The molecule has 0 bridgehead atoms. The number of nitrogens with one attached hydrogen (secondary N) is 1. The number of morpholine rings is 1. The summed E-state index contributed by atoms with van der Waals surface area (Å²) >= 11 is 0. The molecule has 1 unspecified atom stereocenters. The molecule has 0 radical (unpaired) electrons. The average molecular weight is 396 g/mol. The van der Waals surface area contributed by atoms with Gasteiger partial charge in [0.2, 0.25) is 5.91 Å². The summed E-state index contributed by atoms with van der Waals surface area (Å²) in [5.41, 5.74) is 5.97. The number of hydrogen-bond acceptors (Lipinski definition) is 5. The Morgan fingerprint density at radius 1 is 1.31 bits per heavy atom. The Labute approximate surface area is 171 Å². The number of rotatable bonds is 4. The summed E-state index contributed by atoms with van der Waals surface area (Å²) < 4.78 is 13.1. The van der Waals surface area contributed by atoms with Crippen molar-refractivity contribution in [1.82, 2.24) is 20.0 Å². The van der Waals surface area contributed by atoms with Gasteiger partial charge in [0.1, 0.15) is 5.75 Å². The quantitative estimate of drug-likeness (QED) is 0.804. The highest BCUT2D eigenvalue weighted by atomic mass is 16.5. The summed E-state index contributed by atoms with van der Waals surface area (Å²) in [5.74, 6) is 0.883. The summed E-state index contributed by atoms with van der Waals surface area (Å²) in [6, 6.07) is 7.69. The smallest absolute Gasteiger partial charge is 0.250 e. The number of methoxy groups -OCH3 is 1. The lowest BCUT2D eigenvalue weighted by Crippen LogP contribution is -2.45. The van der Waals surface area contributed by atoms with Gasteiger partial charge in [-0.15, -0.1) is 0 Å². The van der Waals surface area contributed by atoms with Crippen molar-refractivity contribution in [3.63, 3.8) is 0 Å². The first-order chi connectivity index (χ1) is 14.0. The largest absolute Gasteiger partial charge is 0.497 e. The Morgan fingerprint density at radius 3 is 2.79 bits per heavy atom. The van der Waals surface area contributed by atoms with E-state index >= 15 is 0 Å². The van der Waals surface area contributed by atoms with E-state index in [0.717, 1.165) is 47.1 Å². The highest BCUT2D eigenvalue weighted by Crippen LogP contribution is 2.32. The minimum Gasteiger partial charge on any atom is -0.497 e. The van der Waals surface area contributed by atoms with Crippen molar-refractivity contribution < 1.29 is 14.3 Å². The van der Waals surface area contributed by atoms with Crippen molar-refractivity contribution in [2.75, 3.05) is 40.0 Å². The standard InChI is InChI=1S/C22H28N4O3/c1-14(17-11-23-12-17)22(27)25-8-9-29-13-20(25)21-15(2)24-26(16(21)3)18-6-5-7-19(10-18)28-4/h5-7,10,20,23H,8-9,11-13H2,1-4H3. The SMILES string of the molecule is COc1cccc(-n2nc(C)c(C3COCCN3C(=O)C(C)=C3CNC3)c2C)c1. The lowest BCUT2D eigenvalue weighted by Gasteiger charge is -2.37. The molecule has 7 heteroatoms. The first-order valence-electron chi connectivity index (χ1n) is 10.00. The molecule has 1 aromatic heterocycles. The molecule has 29 heavy (non-hydrogen) atoms. The van der Waals surface area contributed by atoms with Crippen LogP contribution in [0.25, 0.3) is 5.69 Å². The molecular formula is C22H28N4O3. The molecule has 2 saturated heterocycles. The first kappa shape index (κ1) is 19.7.